The van der Waals surface area contributed by atoms with E-state index >= 15 is 0 Å². The summed E-state index contributed by atoms with van der Waals surface area (Å²) < 4.78 is 28.1. The Hall–Kier alpha value is -1.07. The van der Waals surface area contributed by atoms with Crippen LogP contribution < -0.4 is 5.32 Å². The van der Waals surface area contributed by atoms with Gasteiger partial charge in [0, 0.05) is 18.5 Å². The van der Waals surface area contributed by atoms with Crippen LogP contribution in [0.15, 0.2) is 29.2 Å². The van der Waals surface area contributed by atoms with E-state index in [0.717, 1.165) is 5.69 Å². The molecule has 0 aliphatic rings. The van der Waals surface area contributed by atoms with Crippen LogP contribution in [0.3, 0.4) is 0 Å². The van der Waals surface area contributed by atoms with E-state index in [-0.39, 0.29) is 5.60 Å². The van der Waals surface area contributed by atoms with Gasteiger partial charge in [-0.15, -0.1) is 0 Å². The molecule has 0 heterocycles. The van der Waals surface area contributed by atoms with Crippen molar-refractivity contribution in [2.75, 3.05) is 24.7 Å². The van der Waals surface area contributed by atoms with Crippen molar-refractivity contribution in [2.45, 2.75) is 31.3 Å². The van der Waals surface area contributed by atoms with Gasteiger partial charge in [0.2, 0.25) is 0 Å². The van der Waals surface area contributed by atoms with Gasteiger partial charge in [-0.1, -0.05) is 0 Å². The quantitative estimate of drug-likeness (QED) is 0.835. The molecule has 0 saturated carbocycles. The van der Waals surface area contributed by atoms with E-state index in [4.69, 9.17) is 4.74 Å². The molecule has 0 spiro atoms. The molecule has 0 aliphatic heterocycles. The molecule has 1 rings (SSSR count). The summed E-state index contributed by atoms with van der Waals surface area (Å²) in [5.74, 6) is 0. The van der Waals surface area contributed by atoms with E-state index in [1.54, 1.807) is 24.3 Å². The van der Waals surface area contributed by atoms with Gasteiger partial charge < -0.3 is 10.1 Å². The smallest absolute Gasteiger partial charge is 0.175 e. The van der Waals surface area contributed by atoms with Gasteiger partial charge in [-0.05, 0) is 45.0 Å². The molecule has 1 aromatic rings. The minimum atomic E-state index is -3.12. The number of hydrogen-bond donors (Lipinski definition) is 1. The lowest BCUT2D eigenvalue weighted by molar-refractivity contribution is 0.00333. The highest BCUT2D eigenvalue weighted by Gasteiger charge is 2.09. The highest BCUT2D eigenvalue weighted by Crippen LogP contribution is 2.13. The predicted octanol–water partition coefficient (Wildman–Crippen LogP) is 2.32. The maximum absolute atomic E-state index is 11.3. The average Bonchev–Trinajstić information content (AvgIpc) is 2.22. The number of anilines is 1. The molecule has 18 heavy (non-hydrogen) atoms. The molecular formula is C13H21NO3S. The van der Waals surface area contributed by atoms with Gasteiger partial charge in [0.15, 0.2) is 9.84 Å². The van der Waals surface area contributed by atoms with Crippen LogP contribution in [0.25, 0.3) is 0 Å². The summed E-state index contributed by atoms with van der Waals surface area (Å²) in [6.07, 6.45) is 1.20. The summed E-state index contributed by atoms with van der Waals surface area (Å²) in [5, 5.41) is 3.18. The second-order valence-corrected chi connectivity index (χ2v) is 7.20. The molecule has 0 aromatic heterocycles. The number of benzene rings is 1. The van der Waals surface area contributed by atoms with E-state index in [1.807, 2.05) is 20.8 Å². The Morgan fingerprint density at radius 1 is 1.17 bits per heavy atom. The van der Waals surface area contributed by atoms with Crippen molar-refractivity contribution in [3.05, 3.63) is 24.3 Å². The Kier molecular flexibility index (Phi) is 4.76. The summed E-state index contributed by atoms with van der Waals surface area (Å²) in [7, 11) is -3.12. The first-order valence-corrected chi connectivity index (χ1v) is 7.75. The molecule has 0 radical (unpaired) electrons. The van der Waals surface area contributed by atoms with Crippen LogP contribution in [-0.2, 0) is 14.6 Å². The summed E-state index contributed by atoms with van der Waals surface area (Å²) in [4.78, 5) is 0.332. The van der Waals surface area contributed by atoms with E-state index in [9.17, 15) is 8.42 Å². The Morgan fingerprint density at radius 3 is 2.17 bits per heavy atom. The monoisotopic (exact) mass is 271 g/mol. The second kappa shape index (κ2) is 5.71. The van der Waals surface area contributed by atoms with Gasteiger partial charge in [0.25, 0.3) is 0 Å². The minimum absolute atomic E-state index is 0.137. The van der Waals surface area contributed by atoms with Crippen LogP contribution in [0.1, 0.15) is 20.8 Å². The molecule has 1 aromatic carbocycles. The molecule has 5 heteroatoms. The zero-order chi connectivity index (χ0) is 13.8. The Bertz CT molecular complexity index is 472. The van der Waals surface area contributed by atoms with Crippen molar-refractivity contribution in [1.29, 1.82) is 0 Å². The number of rotatable bonds is 5. The average molecular weight is 271 g/mol. The SMILES string of the molecule is CC(C)(C)OCCNc1ccc(S(C)(=O)=O)cc1. The van der Waals surface area contributed by atoms with Crippen LogP contribution in [0.2, 0.25) is 0 Å². The van der Waals surface area contributed by atoms with Crippen molar-refractivity contribution in [3.63, 3.8) is 0 Å². The highest BCUT2D eigenvalue weighted by molar-refractivity contribution is 7.90. The second-order valence-electron chi connectivity index (χ2n) is 5.18. The van der Waals surface area contributed by atoms with Crippen LogP contribution in [0, 0.1) is 0 Å². The van der Waals surface area contributed by atoms with Crippen molar-refractivity contribution in [2.24, 2.45) is 0 Å². The Labute approximate surface area is 109 Å². The third kappa shape index (κ3) is 5.51. The van der Waals surface area contributed by atoms with Crippen LogP contribution in [-0.4, -0.2) is 33.4 Å². The van der Waals surface area contributed by atoms with Gasteiger partial charge >= 0.3 is 0 Å². The molecule has 0 amide bonds. The number of ether oxygens (including phenoxy) is 1. The van der Waals surface area contributed by atoms with Crippen LogP contribution in [0.4, 0.5) is 5.69 Å². The van der Waals surface area contributed by atoms with Crippen molar-refractivity contribution in [3.8, 4) is 0 Å². The molecule has 0 aliphatic carbocycles. The maximum Gasteiger partial charge on any atom is 0.175 e. The topological polar surface area (TPSA) is 55.4 Å². The molecule has 0 saturated heterocycles. The van der Waals surface area contributed by atoms with E-state index < -0.39 is 9.84 Å². The predicted molar refractivity (Wildman–Crippen MR) is 73.7 cm³/mol. The zero-order valence-corrected chi connectivity index (χ0v) is 12.2. The van der Waals surface area contributed by atoms with Gasteiger partial charge in [0.1, 0.15) is 0 Å². The molecule has 4 nitrogen and oxygen atoms in total. The van der Waals surface area contributed by atoms with Gasteiger partial charge in [-0.2, -0.15) is 0 Å². The van der Waals surface area contributed by atoms with Crippen molar-refractivity contribution < 1.29 is 13.2 Å². The van der Waals surface area contributed by atoms with E-state index in [2.05, 4.69) is 5.32 Å². The fourth-order valence-electron chi connectivity index (χ4n) is 1.37. The largest absolute Gasteiger partial charge is 0.383 e. The molecule has 1 N–H and O–H groups in total. The van der Waals surface area contributed by atoms with E-state index in [1.165, 1.54) is 6.26 Å². The first-order chi connectivity index (χ1) is 8.18. The van der Waals surface area contributed by atoms with Gasteiger partial charge in [-0.3, -0.25) is 0 Å². The van der Waals surface area contributed by atoms with Crippen molar-refractivity contribution in [1.82, 2.24) is 0 Å². The third-order valence-corrected chi connectivity index (χ3v) is 3.38. The Morgan fingerprint density at radius 2 is 1.72 bits per heavy atom. The lowest BCUT2D eigenvalue weighted by atomic mass is 10.2. The van der Waals surface area contributed by atoms with Gasteiger partial charge in [-0.25, -0.2) is 8.42 Å². The number of sulfone groups is 1. The molecule has 0 bridgehead atoms. The lowest BCUT2D eigenvalue weighted by Gasteiger charge is -2.19. The minimum Gasteiger partial charge on any atom is -0.383 e. The van der Waals surface area contributed by atoms with Gasteiger partial charge in [0.05, 0.1) is 17.1 Å². The fourth-order valence-corrected chi connectivity index (χ4v) is 2.00. The van der Waals surface area contributed by atoms with Crippen LogP contribution in [0.5, 0.6) is 0 Å². The number of hydrogen-bond acceptors (Lipinski definition) is 4. The first-order valence-electron chi connectivity index (χ1n) is 5.86. The maximum atomic E-state index is 11.3. The normalized spacial score (nSPS) is 12.4. The molecule has 0 unspecified atom stereocenters. The van der Waals surface area contributed by atoms with E-state index in [0.29, 0.717) is 18.0 Å². The summed E-state index contributed by atoms with van der Waals surface area (Å²) in [6.45, 7) is 7.32. The lowest BCUT2D eigenvalue weighted by Crippen LogP contribution is -2.23. The number of nitrogens with one attached hydrogen (secondary N) is 1. The Balaban J connectivity index is 2.45. The molecular weight excluding hydrogens is 250 g/mol. The summed E-state index contributed by atoms with van der Waals surface area (Å²) >= 11 is 0. The molecule has 0 fully saturated rings. The molecule has 102 valence electrons. The standard InChI is InChI=1S/C13H21NO3S/c1-13(2,3)17-10-9-14-11-5-7-12(8-6-11)18(4,15)16/h5-8,14H,9-10H2,1-4H3. The zero-order valence-electron chi connectivity index (χ0n) is 11.4. The van der Waals surface area contributed by atoms with Crippen LogP contribution >= 0.6 is 0 Å². The first kappa shape index (κ1) is 15.0. The molecule has 0 atom stereocenters. The third-order valence-electron chi connectivity index (χ3n) is 2.25. The summed E-state index contributed by atoms with van der Waals surface area (Å²) in [6, 6.07) is 6.71. The highest BCUT2D eigenvalue weighted by atomic mass is 32.2. The van der Waals surface area contributed by atoms with Crippen molar-refractivity contribution >= 4 is 15.5 Å². The fraction of sp³-hybridized carbons (Fsp3) is 0.538. The summed E-state index contributed by atoms with van der Waals surface area (Å²) in [5.41, 5.74) is 0.752.